The lowest BCUT2D eigenvalue weighted by Gasteiger charge is -2.25. The second kappa shape index (κ2) is 6.75. The van der Waals surface area contributed by atoms with E-state index in [9.17, 15) is 4.79 Å². The van der Waals surface area contributed by atoms with Gasteiger partial charge < -0.3 is 15.4 Å². The third-order valence-electron chi connectivity index (χ3n) is 3.60. The van der Waals surface area contributed by atoms with E-state index in [0.717, 1.165) is 18.6 Å². The molecule has 2 N–H and O–H groups in total. The summed E-state index contributed by atoms with van der Waals surface area (Å²) in [6, 6.07) is 6.68. The summed E-state index contributed by atoms with van der Waals surface area (Å²) in [4.78, 5) is 11.6. The van der Waals surface area contributed by atoms with Gasteiger partial charge in [0.1, 0.15) is 5.75 Å². The number of carbonyl (C=O) groups is 1. The van der Waals surface area contributed by atoms with Gasteiger partial charge in [0.25, 0.3) is 5.91 Å². The van der Waals surface area contributed by atoms with Crippen molar-refractivity contribution in [3.8, 4) is 5.75 Å². The fourth-order valence-corrected chi connectivity index (χ4v) is 2.68. The molecule has 110 valence electrons. The molecule has 0 radical (unpaired) electrons. The first kappa shape index (κ1) is 14.9. The van der Waals surface area contributed by atoms with Crippen LogP contribution >= 0.6 is 0 Å². The van der Waals surface area contributed by atoms with Crippen LogP contribution in [0.15, 0.2) is 18.2 Å². The highest BCUT2D eigenvalue weighted by Crippen LogP contribution is 2.32. The summed E-state index contributed by atoms with van der Waals surface area (Å²) in [5.41, 5.74) is 2.69. The molecule has 4 nitrogen and oxygen atoms in total. The number of nitrogens with one attached hydrogen (secondary N) is 2. The van der Waals surface area contributed by atoms with Crippen molar-refractivity contribution in [3.05, 3.63) is 29.3 Å². The van der Waals surface area contributed by atoms with Crippen molar-refractivity contribution in [3.63, 3.8) is 0 Å². The molecular formula is C16H24N2O2. The van der Waals surface area contributed by atoms with Crippen molar-refractivity contribution < 1.29 is 9.53 Å². The summed E-state index contributed by atoms with van der Waals surface area (Å²) in [7, 11) is 1.99. The van der Waals surface area contributed by atoms with Gasteiger partial charge in [-0.2, -0.15) is 0 Å². The van der Waals surface area contributed by atoms with E-state index in [1.54, 1.807) is 0 Å². The Bertz CT molecular complexity index is 472. The van der Waals surface area contributed by atoms with Gasteiger partial charge in [-0.1, -0.05) is 6.07 Å². The summed E-state index contributed by atoms with van der Waals surface area (Å²) in [6.07, 6.45) is 3.50. The Labute approximate surface area is 120 Å². The van der Waals surface area contributed by atoms with Crippen LogP contribution in [0.2, 0.25) is 0 Å². The van der Waals surface area contributed by atoms with Gasteiger partial charge in [-0.25, -0.2) is 0 Å². The predicted molar refractivity (Wildman–Crippen MR) is 80.0 cm³/mol. The molecule has 1 aliphatic rings. The number of aryl methyl sites for hydroxylation is 1. The minimum Gasteiger partial charge on any atom is -0.484 e. The molecule has 0 aromatic heterocycles. The van der Waals surface area contributed by atoms with E-state index in [0.29, 0.717) is 6.04 Å². The first-order chi connectivity index (χ1) is 9.60. The Morgan fingerprint density at radius 3 is 2.95 bits per heavy atom. The number of ether oxygens (including phenoxy) is 1. The molecule has 1 aromatic rings. The van der Waals surface area contributed by atoms with E-state index in [4.69, 9.17) is 4.74 Å². The zero-order chi connectivity index (χ0) is 14.5. The molecule has 20 heavy (non-hydrogen) atoms. The molecule has 1 unspecified atom stereocenters. The average molecular weight is 276 g/mol. The average Bonchev–Trinajstić information content (AvgIpc) is 2.43. The quantitative estimate of drug-likeness (QED) is 0.866. The Balaban J connectivity index is 2.01. The Morgan fingerprint density at radius 2 is 2.25 bits per heavy atom. The van der Waals surface area contributed by atoms with Crippen LogP contribution in [-0.4, -0.2) is 25.6 Å². The summed E-state index contributed by atoms with van der Waals surface area (Å²) in [5.74, 6) is 0.688. The molecule has 1 atom stereocenters. The fraction of sp³-hybridized carbons (Fsp3) is 0.562. The number of hydrogen-bond acceptors (Lipinski definition) is 3. The van der Waals surface area contributed by atoms with Gasteiger partial charge in [-0.3, -0.25) is 4.79 Å². The van der Waals surface area contributed by atoms with Crippen LogP contribution in [-0.2, 0) is 11.2 Å². The number of fused-ring (bicyclic) bond motifs is 1. The molecule has 0 fully saturated rings. The van der Waals surface area contributed by atoms with E-state index in [1.807, 2.05) is 27.0 Å². The van der Waals surface area contributed by atoms with Crippen LogP contribution in [0, 0.1) is 0 Å². The Kier molecular flexibility index (Phi) is 5.01. The highest BCUT2D eigenvalue weighted by Gasteiger charge is 2.19. The van der Waals surface area contributed by atoms with Gasteiger partial charge in [0.2, 0.25) is 0 Å². The van der Waals surface area contributed by atoms with Gasteiger partial charge in [-0.15, -0.1) is 0 Å². The molecule has 0 saturated heterocycles. The Hall–Kier alpha value is -1.55. The number of amides is 1. The molecule has 0 spiro atoms. The monoisotopic (exact) mass is 276 g/mol. The second-order valence-electron chi connectivity index (χ2n) is 5.60. The highest BCUT2D eigenvalue weighted by atomic mass is 16.5. The molecule has 0 heterocycles. The van der Waals surface area contributed by atoms with Gasteiger partial charge >= 0.3 is 0 Å². The largest absolute Gasteiger partial charge is 0.484 e. The minimum atomic E-state index is -0.0807. The van der Waals surface area contributed by atoms with Crippen LogP contribution in [0.4, 0.5) is 0 Å². The van der Waals surface area contributed by atoms with Crippen molar-refractivity contribution in [1.82, 2.24) is 10.6 Å². The first-order valence-corrected chi connectivity index (χ1v) is 7.32. The third-order valence-corrected chi connectivity index (χ3v) is 3.60. The Morgan fingerprint density at radius 1 is 1.45 bits per heavy atom. The molecular weight excluding hydrogens is 252 g/mol. The zero-order valence-corrected chi connectivity index (χ0v) is 12.5. The van der Waals surface area contributed by atoms with Crippen molar-refractivity contribution in [2.45, 2.75) is 45.2 Å². The molecule has 0 aliphatic heterocycles. The molecule has 1 amide bonds. The standard InChI is InChI=1S/C16H24N2O2/c1-11(2)18-16(19)10-20-13-8-7-12-5-4-6-15(17-3)14(12)9-13/h7-9,11,15,17H,4-6,10H2,1-3H3,(H,18,19). The summed E-state index contributed by atoms with van der Waals surface area (Å²) in [5, 5.41) is 6.16. The lowest BCUT2D eigenvalue weighted by Crippen LogP contribution is -2.34. The number of benzene rings is 1. The lowest BCUT2D eigenvalue weighted by atomic mass is 9.87. The van der Waals surface area contributed by atoms with E-state index < -0.39 is 0 Å². The van der Waals surface area contributed by atoms with Crippen LogP contribution < -0.4 is 15.4 Å². The highest BCUT2D eigenvalue weighted by molar-refractivity contribution is 5.77. The lowest BCUT2D eigenvalue weighted by molar-refractivity contribution is -0.123. The normalized spacial score (nSPS) is 17.7. The first-order valence-electron chi connectivity index (χ1n) is 7.32. The maximum Gasteiger partial charge on any atom is 0.258 e. The molecule has 4 heteroatoms. The van der Waals surface area contributed by atoms with Gasteiger partial charge in [0.15, 0.2) is 6.61 Å². The number of hydrogen-bond donors (Lipinski definition) is 2. The SMILES string of the molecule is CNC1CCCc2ccc(OCC(=O)NC(C)C)cc21. The van der Waals surface area contributed by atoms with Crippen molar-refractivity contribution >= 4 is 5.91 Å². The maximum absolute atomic E-state index is 11.6. The molecule has 1 aromatic carbocycles. The summed E-state index contributed by atoms with van der Waals surface area (Å²) >= 11 is 0. The van der Waals surface area contributed by atoms with Crippen molar-refractivity contribution in [1.29, 1.82) is 0 Å². The second-order valence-corrected chi connectivity index (χ2v) is 5.60. The van der Waals surface area contributed by atoms with Gasteiger partial charge in [-0.05, 0) is 63.4 Å². The van der Waals surface area contributed by atoms with E-state index in [-0.39, 0.29) is 18.6 Å². The van der Waals surface area contributed by atoms with Crippen LogP contribution in [0.25, 0.3) is 0 Å². The summed E-state index contributed by atoms with van der Waals surface area (Å²) < 4.78 is 5.59. The summed E-state index contributed by atoms with van der Waals surface area (Å²) in [6.45, 7) is 3.95. The number of carbonyl (C=O) groups excluding carboxylic acids is 1. The smallest absolute Gasteiger partial charge is 0.258 e. The zero-order valence-electron chi connectivity index (χ0n) is 12.5. The van der Waals surface area contributed by atoms with E-state index in [2.05, 4.69) is 22.8 Å². The van der Waals surface area contributed by atoms with E-state index >= 15 is 0 Å². The third kappa shape index (κ3) is 3.73. The molecule has 2 rings (SSSR count). The predicted octanol–water partition coefficient (Wildman–Crippen LogP) is 2.19. The molecule has 0 bridgehead atoms. The van der Waals surface area contributed by atoms with Gasteiger partial charge in [0.05, 0.1) is 0 Å². The molecule has 1 aliphatic carbocycles. The maximum atomic E-state index is 11.6. The van der Waals surface area contributed by atoms with Crippen LogP contribution in [0.3, 0.4) is 0 Å². The van der Waals surface area contributed by atoms with E-state index in [1.165, 1.54) is 17.5 Å². The van der Waals surface area contributed by atoms with Crippen LogP contribution in [0.1, 0.15) is 43.9 Å². The van der Waals surface area contributed by atoms with Gasteiger partial charge in [0, 0.05) is 12.1 Å². The number of rotatable bonds is 5. The van der Waals surface area contributed by atoms with Crippen molar-refractivity contribution in [2.75, 3.05) is 13.7 Å². The topological polar surface area (TPSA) is 50.4 Å². The van der Waals surface area contributed by atoms with Crippen molar-refractivity contribution in [2.24, 2.45) is 0 Å². The molecule has 0 saturated carbocycles. The van der Waals surface area contributed by atoms with Crippen LogP contribution in [0.5, 0.6) is 5.75 Å². The minimum absolute atomic E-state index is 0.0706. The fourth-order valence-electron chi connectivity index (χ4n) is 2.68.